The van der Waals surface area contributed by atoms with Gasteiger partial charge in [0.15, 0.2) is 0 Å². The van der Waals surface area contributed by atoms with Gasteiger partial charge in [-0.1, -0.05) is 12.1 Å². The molecule has 0 bridgehead atoms. The van der Waals surface area contributed by atoms with E-state index in [4.69, 9.17) is 4.74 Å². The number of nitrogens with one attached hydrogen (secondary N) is 1. The molecule has 160 valence electrons. The zero-order valence-corrected chi connectivity index (χ0v) is 18.0. The fourth-order valence-corrected chi connectivity index (χ4v) is 5.11. The molecule has 6 nitrogen and oxygen atoms in total. The third-order valence-electron chi connectivity index (χ3n) is 6.76. The van der Waals surface area contributed by atoms with Crippen LogP contribution in [0.5, 0.6) is 5.75 Å². The average Bonchev–Trinajstić information content (AvgIpc) is 3.25. The number of hydrogen-bond donors (Lipinski definition) is 1. The number of aromatic amines is 1. The Balaban J connectivity index is 1.22. The second kappa shape index (κ2) is 7.85. The van der Waals surface area contributed by atoms with Crippen molar-refractivity contribution >= 4 is 22.7 Å². The molecule has 31 heavy (non-hydrogen) atoms. The summed E-state index contributed by atoms with van der Waals surface area (Å²) in [5, 5.41) is 1.28. The van der Waals surface area contributed by atoms with Crippen molar-refractivity contribution < 1.29 is 14.3 Å². The molecule has 0 radical (unpaired) electrons. The number of likely N-dealkylation sites (tertiary alicyclic amines) is 1. The lowest BCUT2D eigenvalue weighted by Crippen LogP contribution is -2.41. The number of carbonyl (C=O) groups excluding carboxylic acids is 2. The Hall–Kier alpha value is -3.12. The van der Waals surface area contributed by atoms with Crippen LogP contribution in [0.2, 0.25) is 0 Å². The van der Waals surface area contributed by atoms with Crippen LogP contribution in [0.3, 0.4) is 0 Å². The first-order valence-electron chi connectivity index (χ1n) is 10.9. The first-order chi connectivity index (χ1) is 15.1. The van der Waals surface area contributed by atoms with Gasteiger partial charge in [0.1, 0.15) is 5.75 Å². The summed E-state index contributed by atoms with van der Waals surface area (Å²) < 4.78 is 5.36. The molecule has 2 aromatic carbocycles. The number of imide groups is 1. The van der Waals surface area contributed by atoms with Gasteiger partial charge in [0, 0.05) is 35.8 Å². The number of benzene rings is 2. The van der Waals surface area contributed by atoms with Gasteiger partial charge in [-0.3, -0.25) is 14.5 Å². The minimum atomic E-state index is -0.166. The van der Waals surface area contributed by atoms with Crippen molar-refractivity contribution in [3.05, 3.63) is 64.8 Å². The van der Waals surface area contributed by atoms with Gasteiger partial charge < -0.3 is 14.6 Å². The van der Waals surface area contributed by atoms with E-state index in [0.717, 1.165) is 43.7 Å². The number of hydrogen-bond acceptors (Lipinski definition) is 4. The second-order valence-electron chi connectivity index (χ2n) is 8.50. The molecule has 0 aliphatic carbocycles. The number of amides is 2. The van der Waals surface area contributed by atoms with E-state index in [1.165, 1.54) is 21.5 Å². The first kappa shape index (κ1) is 19.8. The Bertz CT molecular complexity index is 1120. The van der Waals surface area contributed by atoms with Gasteiger partial charge in [0.05, 0.1) is 18.2 Å². The van der Waals surface area contributed by atoms with E-state index in [9.17, 15) is 9.59 Å². The molecular formula is C25H27N3O3. The lowest BCUT2D eigenvalue weighted by molar-refractivity contribution is 0.0629. The number of piperidine rings is 1. The van der Waals surface area contributed by atoms with Crippen molar-refractivity contribution in [1.29, 1.82) is 0 Å². The SMILES string of the molecule is COc1ccc2c(C3CCN(CCN4C(=O)c5ccccc5C4=O)CC3)c(C)[nH]c2c1. The molecule has 1 fully saturated rings. The summed E-state index contributed by atoms with van der Waals surface area (Å²) in [6.45, 7) is 5.26. The Morgan fingerprint density at radius 3 is 2.32 bits per heavy atom. The molecule has 0 saturated carbocycles. The maximum atomic E-state index is 12.6. The number of methoxy groups -OCH3 is 1. The molecule has 0 atom stereocenters. The fourth-order valence-electron chi connectivity index (χ4n) is 5.11. The van der Waals surface area contributed by atoms with Crippen LogP contribution in [0.15, 0.2) is 42.5 Å². The number of ether oxygens (including phenoxy) is 1. The third-order valence-corrected chi connectivity index (χ3v) is 6.76. The van der Waals surface area contributed by atoms with E-state index in [0.29, 0.717) is 23.6 Å². The molecular weight excluding hydrogens is 390 g/mol. The zero-order valence-electron chi connectivity index (χ0n) is 18.0. The second-order valence-corrected chi connectivity index (χ2v) is 8.50. The van der Waals surface area contributed by atoms with Crippen molar-refractivity contribution in [1.82, 2.24) is 14.8 Å². The number of fused-ring (bicyclic) bond motifs is 2. The van der Waals surface area contributed by atoms with E-state index in [-0.39, 0.29) is 11.8 Å². The highest BCUT2D eigenvalue weighted by Gasteiger charge is 2.35. The van der Waals surface area contributed by atoms with Crippen LogP contribution in [-0.2, 0) is 0 Å². The van der Waals surface area contributed by atoms with E-state index >= 15 is 0 Å². The third kappa shape index (κ3) is 3.41. The number of aryl methyl sites for hydroxylation is 1. The normalized spacial score (nSPS) is 17.5. The summed E-state index contributed by atoms with van der Waals surface area (Å²) in [7, 11) is 1.69. The minimum absolute atomic E-state index is 0.166. The molecule has 0 unspecified atom stereocenters. The number of carbonyl (C=O) groups is 2. The molecule has 3 aromatic rings. The lowest BCUT2D eigenvalue weighted by Gasteiger charge is -2.33. The summed E-state index contributed by atoms with van der Waals surface area (Å²) in [5.41, 5.74) is 4.82. The summed E-state index contributed by atoms with van der Waals surface area (Å²) in [5.74, 6) is 1.04. The van der Waals surface area contributed by atoms with E-state index in [1.54, 1.807) is 31.4 Å². The number of rotatable bonds is 5. The van der Waals surface area contributed by atoms with Gasteiger partial charge in [-0.2, -0.15) is 0 Å². The largest absolute Gasteiger partial charge is 0.497 e. The minimum Gasteiger partial charge on any atom is -0.497 e. The molecule has 5 rings (SSSR count). The molecule has 2 aliphatic rings. The first-order valence-corrected chi connectivity index (χ1v) is 10.9. The Morgan fingerprint density at radius 1 is 1.00 bits per heavy atom. The Kier molecular flexibility index (Phi) is 5.02. The molecule has 2 aliphatic heterocycles. The van der Waals surface area contributed by atoms with E-state index in [2.05, 4.69) is 28.9 Å². The van der Waals surface area contributed by atoms with E-state index in [1.807, 2.05) is 6.07 Å². The van der Waals surface area contributed by atoms with Crippen LogP contribution in [0.4, 0.5) is 0 Å². The zero-order chi connectivity index (χ0) is 21.5. The molecule has 1 saturated heterocycles. The standard InChI is InChI=1S/C25H27N3O3/c1-16-23(21-8-7-18(31-2)15-22(21)26-16)17-9-11-27(12-10-17)13-14-28-24(29)19-5-3-4-6-20(19)25(28)30/h3-8,15,17,26H,9-14H2,1-2H3. The molecule has 1 N–H and O–H groups in total. The van der Waals surface area contributed by atoms with Crippen molar-refractivity contribution in [3.63, 3.8) is 0 Å². The highest BCUT2D eigenvalue weighted by Crippen LogP contribution is 2.36. The van der Waals surface area contributed by atoms with Gasteiger partial charge in [-0.05, 0) is 68.6 Å². The van der Waals surface area contributed by atoms with Gasteiger partial charge in [0.25, 0.3) is 11.8 Å². The Labute approximate surface area is 181 Å². The fraction of sp³-hybridized carbons (Fsp3) is 0.360. The van der Waals surface area contributed by atoms with Crippen molar-refractivity contribution in [2.24, 2.45) is 0 Å². The highest BCUT2D eigenvalue weighted by molar-refractivity contribution is 6.21. The summed E-state index contributed by atoms with van der Waals surface area (Å²) in [4.78, 5) is 32.4. The van der Waals surface area contributed by atoms with Crippen molar-refractivity contribution in [3.8, 4) is 5.75 Å². The summed E-state index contributed by atoms with van der Waals surface area (Å²) >= 11 is 0. The number of aromatic nitrogens is 1. The van der Waals surface area contributed by atoms with Gasteiger partial charge >= 0.3 is 0 Å². The Morgan fingerprint density at radius 2 is 1.68 bits per heavy atom. The molecule has 3 heterocycles. The highest BCUT2D eigenvalue weighted by atomic mass is 16.5. The van der Waals surface area contributed by atoms with Crippen LogP contribution in [0, 0.1) is 6.92 Å². The molecule has 2 amide bonds. The summed E-state index contributed by atoms with van der Waals surface area (Å²) in [6.07, 6.45) is 2.14. The lowest BCUT2D eigenvalue weighted by atomic mass is 9.87. The van der Waals surface area contributed by atoms with Gasteiger partial charge in [-0.25, -0.2) is 0 Å². The number of nitrogens with zero attached hydrogens (tertiary/aromatic N) is 2. The van der Waals surface area contributed by atoms with Crippen LogP contribution >= 0.6 is 0 Å². The van der Waals surface area contributed by atoms with Gasteiger partial charge in [0.2, 0.25) is 0 Å². The van der Waals surface area contributed by atoms with Crippen molar-refractivity contribution in [2.75, 3.05) is 33.3 Å². The van der Waals surface area contributed by atoms with Crippen LogP contribution in [0.1, 0.15) is 50.7 Å². The van der Waals surface area contributed by atoms with E-state index < -0.39 is 0 Å². The van der Waals surface area contributed by atoms with Crippen LogP contribution < -0.4 is 4.74 Å². The van der Waals surface area contributed by atoms with Crippen molar-refractivity contribution in [2.45, 2.75) is 25.7 Å². The quantitative estimate of drug-likeness (QED) is 0.638. The predicted molar refractivity (Wildman–Crippen MR) is 120 cm³/mol. The average molecular weight is 418 g/mol. The number of H-pyrrole nitrogens is 1. The maximum absolute atomic E-state index is 12.6. The maximum Gasteiger partial charge on any atom is 0.261 e. The molecule has 1 aromatic heterocycles. The topological polar surface area (TPSA) is 65.6 Å². The predicted octanol–water partition coefficient (Wildman–Crippen LogP) is 3.96. The van der Waals surface area contributed by atoms with Crippen LogP contribution in [0.25, 0.3) is 10.9 Å². The molecule has 0 spiro atoms. The van der Waals surface area contributed by atoms with Gasteiger partial charge in [-0.15, -0.1) is 0 Å². The monoisotopic (exact) mass is 417 g/mol. The summed E-state index contributed by atoms with van der Waals surface area (Å²) in [6, 6.07) is 13.3. The smallest absolute Gasteiger partial charge is 0.261 e. The molecule has 6 heteroatoms. The van der Waals surface area contributed by atoms with Crippen LogP contribution in [-0.4, -0.2) is 59.9 Å².